The van der Waals surface area contributed by atoms with E-state index in [0.717, 1.165) is 6.07 Å². The normalized spacial score (nSPS) is 10.4. The lowest BCUT2D eigenvalue weighted by molar-refractivity contribution is 0.102. The van der Waals surface area contributed by atoms with Crippen LogP contribution >= 0.6 is 0 Å². The number of amides is 1. The molecule has 2 N–H and O–H groups in total. The molecule has 1 aromatic heterocycles. The molecule has 0 aliphatic heterocycles. The summed E-state index contributed by atoms with van der Waals surface area (Å²) in [5.74, 6) is -1.88. The van der Waals surface area contributed by atoms with Gasteiger partial charge >= 0.3 is 5.76 Å². The first-order valence-electron chi connectivity index (χ1n) is 6.36. The molecule has 0 bridgehead atoms. The van der Waals surface area contributed by atoms with Crippen molar-refractivity contribution in [3.05, 3.63) is 70.5 Å². The minimum absolute atomic E-state index is 0.124. The van der Waals surface area contributed by atoms with E-state index in [4.69, 9.17) is 0 Å². The minimum atomic E-state index is -0.727. The molecule has 0 aliphatic rings. The zero-order valence-corrected chi connectivity index (χ0v) is 11.2. The Morgan fingerprint density at radius 1 is 1.18 bits per heavy atom. The lowest BCUT2D eigenvalue weighted by atomic mass is 10.1. The number of H-pyrrole nitrogens is 1. The number of anilines is 1. The highest BCUT2D eigenvalue weighted by atomic mass is 19.1. The summed E-state index contributed by atoms with van der Waals surface area (Å²) in [6, 6.07) is 12.5. The quantitative estimate of drug-likeness (QED) is 0.777. The van der Waals surface area contributed by atoms with Crippen molar-refractivity contribution < 1.29 is 13.7 Å². The largest absolute Gasteiger partial charge is 0.439 e. The van der Waals surface area contributed by atoms with E-state index in [1.165, 1.54) is 12.1 Å². The van der Waals surface area contributed by atoms with E-state index >= 15 is 0 Å². The Labute approximate surface area is 123 Å². The van der Waals surface area contributed by atoms with Gasteiger partial charge in [0.15, 0.2) is 5.82 Å². The number of hydrogen-bond donors (Lipinski definition) is 2. The van der Waals surface area contributed by atoms with Crippen LogP contribution in [-0.4, -0.2) is 16.0 Å². The van der Waals surface area contributed by atoms with Gasteiger partial charge in [-0.25, -0.2) is 9.18 Å². The number of rotatable bonds is 3. The molecule has 3 rings (SSSR count). The average molecular weight is 299 g/mol. The van der Waals surface area contributed by atoms with Crippen molar-refractivity contribution in [2.45, 2.75) is 0 Å². The zero-order chi connectivity index (χ0) is 15.5. The molecule has 0 aliphatic carbocycles. The summed E-state index contributed by atoms with van der Waals surface area (Å²) in [6.07, 6.45) is 0. The van der Waals surface area contributed by atoms with Crippen molar-refractivity contribution >= 4 is 11.6 Å². The fourth-order valence-electron chi connectivity index (χ4n) is 1.92. The lowest BCUT2D eigenvalue weighted by Crippen LogP contribution is -2.13. The van der Waals surface area contributed by atoms with Gasteiger partial charge in [0.25, 0.3) is 5.91 Å². The molecule has 0 radical (unpaired) electrons. The van der Waals surface area contributed by atoms with Gasteiger partial charge in [-0.3, -0.25) is 14.3 Å². The Balaban J connectivity index is 1.93. The average Bonchev–Trinajstić information content (AvgIpc) is 2.95. The molecule has 0 atom stereocenters. The molecule has 6 nitrogen and oxygen atoms in total. The molecule has 1 heterocycles. The van der Waals surface area contributed by atoms with Crippen LogP contribution in [0.5, 0.6) is 0 Å². The predicted molar refractivity (Wildman–Crippen MR) is 76.9 cm³/mol. The van der Waals surface area contributed by atoms with Crippen molar-refractivity contribution in [3.63, 3.8) is 0 Å². The minimum Gasteiger partial charge on any atom is -0.322 e. The van der Waals surface area contributed by atoms with E-state index in [1.54, 1.807) is 30.3 Å². The number of nitrogens with one attached hydrogen (secondary N) is 2. The molecule has 0 unspecified atom stereocenters. The second-order valence-corrected chi connectivity index (χ2v) is 4.46. The Morgan fingerprint density at radius 3 is 2.64 bits per heavy atom. The van der Waals surface area contributed by atoms with Gasteiger partial charge in [-0.2, -0.15) is 0 Å². The number of para-hydroxylation sites is 1. The summed E-state index contributed by atoms with van der Waals surface area (Å²) in [4.78, 5) is 25.4. The Bertz CT molecular complexity index is 871. The first-order valence-corrected chi connectivity index (χ1v) is 6.36. The van der Waals surface area contributed by atoms with Gasteiger partial charge in [0.05, 0.1) is 5.56 Å². The first-order chi connectivity index (χ1) is 10.6. The molecule has 3 aromatic rings. The maximum atomic E-state index is 13.9. The molecule has 0 spiro atoms. The second-order valence-electron chi connectivity index (χ2n) is 4.46. The number of aromatic nitrogens is 2. The van der Waals surface area contributed by atoms with E-state index in [1.807, 2.05) is 0 Å². The molecule has 7 heteroatoms. The summed E-state index contributed by atoms with van der Waals surface area (Å²) in [7, 11) is 0. The van der Waals surface area contributed by atoms with E-state index in [-0.39, 0.29) is 11.4 Å². The van der Waals surface area contributed by atoms with Crippen LogP contribution < -0.4 is 11.1 Å². The number of halogens is 1. The SMILES string of the molecule is O=C(Nc1ccccc1)c1cc(-c2noc(=O)[nH]2)ccc1F. The summed E-state index contributed by atoms with van der Waals surface area (Å²) in [5.41, 5.74) is 0.753. The second kappa shape index (κ2) is 5.65. The third-order valence-electron chi connectivity index (χ3n) is 2.96. The van der Waals surface area contributed by atoms with Crippen LogP contribution in [0.1, 0.15) is 10.4 Å². The van der Waals surface area contributed by atoms with Crippen molar-refractivity contribution in [1.82, 2.24) is 10.1 Å². The molecular weight excluding hydrogens is 289 g/mol. The number of aromatic amines is 1. The van der Waals surface area contributed by atoms with Crippen LogP contribution in [0.2, 0.25) is 0 Å². The fraction of sp³-hybridized carbons (Fsp3) is 0. The third-order valence-corrected chi connectivity index (χ3v) is 2.96. The van der Waals surface area contributed by atoms with Gasteiger partial charge in [0.1, 0.15) is 5.82 Å². The van der Waals surface area contributed by atoms with Gasteiger partial charge in [-0.05, 0) is 30.3 Å². The smallest absolute Gasteiger partial charge is 0.322 e. The van der Waals surface area contributed by atoms with Crippen LogP contribution in [0.4, 0.5) is 10.1 Å². The summed E-state index contributed by atoms with van der Waals surface area (Å²) in [5, 5.41) is 6.09. The molecule has 1 amide bonds. The number of nitrogens with zero attached hydrogens (tertiary/aromatic N) is 1. The first kappa shape index (κ1) is 13.7. The Morgan fingerprint density at radius 2 is 1.95 bits per heavy atom. The van der Waals surface area contributed by atoms with Crippen LogP contribution in [0, 0.1) is 5.82 Å². The number of hydrogen-bond acceptors (Lipinski definition) is 4. The number of carbonyl (C=O) groups excluding carboxylic acids is 1. The van der Waals surface area contributed by atoms with E-state index < -0.39 is 17.5 Å². The van der Waals surface area contributed by atoms with Gasteiger partial charge in [0, 0.05) is 11.3 Å². The van der Waals surface area contributed by atoms with Gasteiger partial charge in [-0.15, -0.1) is 0 Å². The maximum absolute atomic E-state index is 13.9. The summed E-state index contributed by atoms with van der Waals surface area (Å²) >= 11 is 0. The highest BCUT2D eigenvalue weighted by Gasteiger charge is 2.15. The molecular formula is C15H10FN3O3. The monoisotopic (exact) mass is 299 g/mol. The predicted octanol–water partition coefficient (Wildman–Crippen LogP) is 2.42. The Hall–Kier alpha value is -3.22. The molecule has 0 saturated carbocycles. The number of benzene rings is 2. The Kier molecular flexibility index (Phi) is 3.53. The van der Waals surface area contributed by atoms with Crippen molar-refractivity contribution in [1.29, 1.82) is 0 Å². The van der Waals surface area contributed by atoms with Crippen molar-refractivity contribution in [3.8, 4) is 11.4 Å². The standard InChI is InChI=1S/C15H10FN3O3/c16-12-7-6-9(13-18-15(21)22-19-13)8-11(12)14(20)17-10-4-2-1-3-5-10/h1-8H,(H,17,20)(H,18,19,21). The fourth-order valence-corrected chi connectivity index (χ4v) is 1.92. The van der Waals surface area contributed by atoms with Crippen molar-refractivity contribution in [2.24, 2.45) is 0 Å². The topological polar surface area (TPSA) is 88.0 Å². The molecule has 110 valence electrons. The molecule has 0 fully saturated rings. The highest BCUT2D eigenvalue weighted by Crippen LogP contribution is 2.19. The molecule has 2 aromatic carbocycles. The van der Waals surface area contributed by atoms with Crippen molar-refractivity contribution in [2.75, 3.05) is 5.32 Å². The van der Waals surface area contributed by atoms with Crippen LogP contribution in [0.25, 0.3) is 11.4 Å². The van der Waals surface area contributed by atoms with Crippen LogP contribution in [0.3, 0.4) is 0 Å². The van der Waals surface area contributed by atoms with Gasteiger partial charge in [0.2, 0.25) is 0 Å². The van der Waals surface area contributed by atoms with Gasteiger partial charge in [-0.1, -0.05) is 23.4 Å². The zero-order valence-electron chi connectivity index (χ0n) is 11.2. The van der Waals surface area contributed by atoms with E-state index in [2.05, 4.69) is 20.0 Å². The van der Waals surface area contributed by atoms with Crippen LogP contribution in [0.15, 0.2) is 57.8 Å². The summed E-state index contributed by atoms with van der Waals surface area (Å²) < 4.78 is 18.3. The maximum Gasteiger partial charge on any atom is 0.439 e. The highest BCUT2D eigenvalue weighted by molar-refractivity contribution is 6.05. The summed E-state index contributed by atoms with van der Waals surface area (Å²) in [6.45, 7) is 0. The third kappa shape index (κ3) is 2.78. The molecule has 22 heavy (non-hydrogen) atoms. The number of carbonyl (C=O) groups is 1. The van der Waals surface area contributed by atoms with E-state index in [9.17, 15) is 14.0 Å². The van der Waals surface area contributed by atoms with Crippen LogP contribution in [-0.2, 0) is 0 Å². The van der Waals surface area contributed by atoms with E-state index in [0.29, 0.717) is 11.3 Å². The van der Waals surface area contributed by atoms with Gasteiger partial charge < -0.3 is 5.32 Å². The molecule has 0 saturated heterocycles. The lowest BCUT2D eigenvalue weighted by Gasteiger charge is -2.07.